The first kappa shape index (κ1) is 15.5. The molecule has 0 spiro atoms. The molecule has 116 valence electrons. The fourth-order valence-electron chi connectivity index (χ4n) is 2.12. The molecule has 1 N–H and O–H groups in total. The lowest BCUT2D eigenvalue weighted by molar-refractivity contribution is -0.0512. The van der Waals surface area contributed by atoms with E-state index in [-0.39, 0.29) is 23.5 Å². The molecule has 0 radical (unpaired) electrons. The van der Waals surface area contributed by atoms with Gasteiger partial charge in [0.15, 0.2) is 11.5 Å². The molecule has 1 aromatic carbocycles. The van der Waals surface area contributed by atoms with Crippen LogP contribution >= 0.6 is 0 Å². The molecule has 1 saturated heterocycles. The van der Waals surface area contributed by atoms with Crippen LogP contribution in [0.3, 0.4) is 0 Å². The van der Waals surface area contributed by atoms with Gasteiger partial charge in [0.25, 0.3) is 5.91 Å². The number of rotatable bonds is 6. The van der Waals surface area contributed by atoms with Gasteiger partial charge in [0, 0.05) is 18.7 Å². The number of halogens is 2. The second kappa shape index (κ2) is 7.21. The summed E-state index contributed by atoms with van der Waals surface area (Å²) >= 11 is 0. The van der Waals surface area contributed by atoms with Gasteiger partial charge in [-0.1, -0.05) is 0 Å². The molecule has 1 aliphatic rings. The quantitative estimate of drug-likeness (QED) is 0.875. The second-order valence-corrected chi connectivity index (χ2v) is 4.59. The normalized spacial score (nSPS) is 17.8. The molecule has 0 aromatic heterocycles. The monoisotopic (exact) mass is 301 g/mol. The van der Waals surface area contributed by atoms with Crippen LogP contribution in [0.4, 0.5) is 8.78 Å². The number of carbonyl (C=O) groups excluding carboxylic acids is 1. The third-order valence-corrected chi connectivity index (χ3v) is 3.16. The Morgan fingerprint density at radius 1 is 1.48 bits per heavy atom. The smallest absolute Gasteiger partial charge is 0.387 e. The Morgan fingerprint density at radius 3 is 2.90 bits per heavy atom. The van der Waals surface area contributed by atoms with E-state index in [0.29, 0.717) is 18.7 Å². The lowest BCUT2D eigenvalue weighted by atomic mass is 10.1. The maximum atomic E-state index is 12.2. The lowest BCUT2D eigenvalue weighted by Gasteiger charge is -2.13. The van der Waals surface area contributed by atoms with E-state index in [2.05, 4.69) is 10.1 Å². The summed E-state index contributed by atoms with van der Waals surface area (Å²) in [6, 6.07) is 4.06. The first-order valence-electron chi connectivity index (χ1n) is 6.63. The van der Waals surface area contributed by atoms with Gasteiger partial charge >= 0.3 is 6.61 Å². The molecule has 0 bridgehead atoms. The molecule has 5 nitrogen and oxygen atoms in total. The average molecular weight is 301 g/mol. The Balaban J connectivity index is 1.99. The first-order valence-corrected chi connectivity index (χ1v) is 6.63. The van der Waals surface area contributed by atoms with E-state index in [1.54, 1.807) is 0 Å². The van der Waals surface area contributed by atoms with Crippen LogP contribution in [0.1, 0.15) is 23.2 Å². The number of amides is 1. The van der Waals surface area contributed by atoms with Gasteiger partial charge in [0.05, 0.1) is 13.2 Å². The van der Waals surface area contributed by atoms with Crippen LogP contribution in [0.2, 0.25) is 0 Å². The Kier molecular flexibility index (Phi) is 5.32. The molecule has 1 amide bonds. The van der Waals surface area contributed by atoms with Crippen LogP contribution < -0.4 is 14.8 Å². The van der Waals surface area contributed by atoms with Crippen molar-refractivity contribution in [3.8, 4) is 11.5 Å². The number of methoxy groups -OCH3 is 1. The SMILES string of the molecule is COc1cc(C(=O)NC[C@H]2CCCO2)ccc1OC(F)F. The fraction of sp³-hybridized carbons (Fsp3) is 0.500. The summed E-state index contributed by atoms with van der Waals surface area (Å²) in [5, 5.41) is 2.74. The molecule has 0 saturated carbocycles. The number of hydrogen-bond donors (Lipinski definition) is 1. The topological polar surface area (TPSA) is 56.8 Å². The van der Waals surface area contributed by atoms with Crippen molar-refractivity contribution >= 4 is 5.91 Å². The molecular weight excluding hydrogens is 284 g/mol. The third-order valence-electron chi connectivity index (χ3n) is 3.16. The van der Waals surface area contributed by atoms with E-state index in [0.717, 1.165) is 12.8 Å². The Hall–Kier alpha value is -1.89. The fourth-order valence-corrected chi connectivity index (χ4v) is 2.12. The van der Waals surface area contributed by atoms with Gasteiger partial charge in [-0.3, -0.25) is 4.79 Å². The average Bonchev–Trinajstić information content (AvgIpc) is 2.98. The predicted molar refractivity (Wildman–Crippen MR) is 70.9 cm³/mol. The van der Waals surface area contributed by atoms with Crippen molar-refractivity contribution in [2.45, 2.75) is 25.6 Å². The van der Waals surface area contributed by atoms with Crippen molar-refractivity contribution in [3.05, 3.63) is 23.8 Å². The van der Waals surface area contributed by atoms with E-state index >= 15 is 0 Å². The van der Waals surface area contributed by atoms with Crippen molar-refractivity contribution in [1.82, 2.24) is 5.32 Å². The minimum Gasteiger partial charge on any atom is -0.493 e. The van der Waals surface area contributed by atoms with Crippen molar-refractivity contribution in [2.24, 2.45) is 0 Å². The second-order valence-electron chi connectivity index (χ2n) is 4.59. The molecule has 7 heteroatoms. The molecule has 0 unspecified atom stereocenters. The number of nitrogens with one attached hydrogen (secondary N) is 1. The summed E-state index contributed by atoms with van der Waals surface area (Å²) in [5.41, 5.74) is 0.312. The largest absolute Gasteiger partial charge is 0.493 e. The van der Waals surface area contributed by atoms with Crippen molar-refractivity contribution < 1.29 is 27.8 Å². The number of hydrogen-bond acceptors (Lipinski definition) is 4. The van der Waals surface area contributed by atoms with Gasteiger partial charge in [-0.25, -0.2) is 0 Å². The summed E-state index contributed by atoms with van der Waals surface area (Å²) < 4.78 is 39.1. The lowest BCUT2D eigenvalue weighted by Crippen LogP contribution is -2.31. The van der Waals surface area contributed by atoms with E-state index in [9.17, 15) is 13.6 Å². The van der Waals surface area contributed by atoms with Gasteiger partial charge in [-0.05, 0) is 31.0 Å². The molecule has 1 fully saturated rings. The summed E-state index contributed by atoms with van der Waals surface area (Å²) in [4.78, 5) is 12.0. The highest BCUT2D eigenvalue weighted by Crippen LogP contribution is 2.29. The molecule has 1 atom stereocenters. The van der Waals surface area contributed by atoms with E-state index in [1.807, 2.05) is 0 Å². The zero-order valence-electron chi connectivity index (χ0n) is 11.6. The molecule has 21 heavy (non-hydrogen) atoms. The van der Waals surface area contributed by atoms with Gasteiger partial charge < -0.3 is 19.5 Å². The minimum absolute atomic E-state index is 0.0392. The van der Waals surface area contributed by atoms with E-state index in [1.165, 1.54) is 25.3 Å². The highest BCUT2D eigenvalue weighted by atomic mass is 19.3. The van der Waals surface area contributed by atoms with Crippen molar-refractivity contribution in [3.63, 3.8) is 0 Å². The Morgan fingerprint density at radius 2 is 2.29 bits per heavy atom. The number of ether oxygens (including phenoxy) is 3. The van der Waals surface area contributed by atoms with Crippen LogP contribution in [-0.2, 0) is 4.74 Å². The van der Waals surface area contributed by atoms with Crippen molar-refractivity contribution in [2.75, 3.05) is 20.3 Å². The predicted octanol–water partition coefficient (Wildman–Crippen LogP) is 2.21. The van der Waals surface area contributed by atoms with Crippen molar-refractivity contribution in [1.29, 1.82) is 0 Å². The summed E-state index contributed by atoms with van der Waals surface area (Å²) in [6.07, 6.45) is 1.95. The first-order chi connectivity index (χ1) is 10.1. The van der Waals surface area contributed by atoms with Crippen LogP contribution in [0.5, 0.6) is 11.5 Å². The minimum atomic E-state index is -2.95. The molecular formula is C14H17F2NO4. The maximum Gasteiger partial charge on any atom is 0.387 e. The number of alkyl halides is 2. The van der Waals surface area contributed by atoms with Crippen LogP contribution in [0, 0.1) is 0 Å². The third kappa shape index (κ3) is 4.29. The number of benzene rings is 1. The zero-order valence-corrected chi connectivity index (χ0v) is 11.6. The molecule has 0 aliphatic carbocycles. The molecule has 2 rings (SSSR count). The highest BCUT2D eigenvalue weighted by molar-refractivity contribution is 5.94. The van der Waals surface area contributed by atoms with Gasteiger partial charge in [0.2, 0.25) is 0 Å². The van der Waals surface area contributed by atoms with Gasteiger partial charge in [-0.15, -0.1) is 0 Å². The van der Waals surface area contributed by atoms with E-state index in [4.69, 9.17) is 9.47 Å². The maximum absolute atomic E-state index is 12.2. The molecule has 1 aliphatic heterocycles. The van der Waals surface area contributed by atoms with Gasteiger partial charge in [0.1, 0.15) is 0 Å². The Bertz CT molecular complexity index is 490. The standard InChI is InChI=1S/C14H17F2NO4/c1-19-12-7-9(4-5-11(12)21-14(15)16)13(18)17-8-10-3-2-6-20-10/h4-5,7,10,14H,2-3,6,8H2,1H3,(H,17,18)/t10-/m1/s1. The van der Waals surface area contributed by atoms with E-state index < -0.39 is 6.61 Å². The highest BCUT2D eigenvalue weighted by Gasteiger charge is 2.18. The number of carbonyl (C=O) groups is 1. The van der Waals surface area contributed by atoms with Crippen LogP contribution in [-0.4, -0.2) is 38.9 Å². The zero-order chi connectivity index (χ0) is 15.2. The Labute approximate surface area is 121 Å². The summed E-state index contributed by atoms with van der Waals surface area (Å²) in [7, 11) is 1.32. The molecule has 1 aromatic rings. The molecule has 1 heterocycles. The summed E-state index contributed by atoms with van der Waals surface area (Å²) in [6.45, 7) is -1.80. The van der Waals surface area contributed by atoms with Gasteiger partial charge in [-0.2, -0.15) is 8.78 Å². The summed E-state index contributed by atoms with van der Waals surface area (Å²) in [5.74, 6) is -0.337. The van der Waals surface area contributed by atoms with Crippen LogP contribution in [0.15, 0.2) is 18.2 Å². The van der Waals surface area contributed by atoms with Crippen LogP contribution in [0.25, 0.3) is 0 Å².